The van der Waals surface area contributed by atoms with E-state index in [0.717, 1.165) is 0 Å². The summed E-state index contributed by atoms with van der Waals surface area (Å²) in [5, 5.41) is 5.81. The summed E-state index contributed by atoms with van der Waals surface area (Å²) in [6.45, 7) is 0.382. The Hall–Kier alpha value is -2.68. The summed E-state index contributed by atoms with van der Waals surface area (Å²) in [5.41, 5.74) is 1.73. The molecule has 1 aliphatic heterocycles. The standard InChI is InChI=1S/C20H18ClN5O2S/c1-24(2)11-25-16-9-8-12(21)10-14(16)17(19(25)28)23-26-18(27)13-6-4-5-7-15(13)22-20(26)29-3/h4-10H,11H2,1-3H3/b23-17+. The van der Waals surface area contributed by atoms with Crippen LogP contribution in [0.4, 0.5) is 5.69 Å². The molecule has 0 bridgehead atoms. The number of para-hydroxylation sites is 1. The van der Waals surface area contributed by atoms with Gasteiger partial charge in [0.05, 0.1) is 23.3 Å². The van der Waals surface area contributed by atoms with Crippen molar-refractivity contribution in [2.45, 2.75) is 5.16 Å². The Morgan fingerprint density at radius 3 is 2.66 bits per heavy atom. The number of carbonyl (C=O) groups excluding carboxylic acids is 1. The highest BCUT2D eigenvalue weighted by Crippen LogP contribution is 2.32. The molecule has 29 heavy (non-hydrogen) atoms. The van der Waals surface area contributed by atoms with Crippen molar-refractivity contribution < 1.29 is 4.79 Å². The molecule has 0 unspecified atom stereocenters. The SMILES string of the molecule is CSc1nc2ccccc2c(=O)n1/N=C1/C(=O)N(CN(C)C)c2ccc(Cl)cc21. The van der Waals surface area contributed by atoms with Gasteiger partial charge in [-0.05, 0) is 50.7 Å². The summed E-state index contributed by atoms with van der Waals surface area (Å²) in [6.07, 6.45) is 1.81. The number of amides is 1. The van der Waals surface area contributed by atoms with Crippen LogP contribution in [0, 0.1) is 0 Å². The average molecular weight is 428 g/mol. The summed E-state index contributed by atoms with van der Waals surface area (Å²) in [5.74, 6) is -0.289. The lowest BCUT2D eigenvalue weighted by molar-refractivity contribution is -0.112. The molecule has 4 rings (SSSR count). The molecular formula is C20H18ClN5O2S. The van der Waals surface area contributed by atoms with Crippen LogP contribution in [-0.2, 0) is 4.79 Å². The number of rotatable bonds is 4. The minimum atomic E-state index is -0.324. The van der Waals surface area contributed by atoms with E-state index in [1.807, 2.05) is 31.3 Å². The van der Waals surface area contributed by atoms with Crippen molar-refractivity contribution in [2.24, 2.45) is 5.10 Å². The molecule has 1 aromatic heterocycles. The van der Waals surface area contributed by atoms with E-state index in [0.29, 0.717) is 39.0 Å². The highest BCUT2D eigenvalue weighted by atomic mass is 35.5. The van der Waals surface area contributed by atoms with Gasteiger partial charge in [0.2, 0.25) is 0 Å². The number of halogens is 1. The second-order valence-electron chi connectivity index (χ2n) is 6.80. The van der Waals surface area contributed by atoms with Gasteiger partial charge in [-0.1, -0.05) is 35.5 Å². The van der Waals surface area contributed by atoms with Crippen LogP contribution in [0.3, 0.4) is 0 Å². The predicted octanol–water partition coefficient (Wildman–Crippen LogP) is 2.89. The fraction of sp³-hybridized carbons (Fsp3) is 0.200. The molecule has 0 saturated carbocycles. The summed E-state index contributed by atoms with van der Waals surface area (Å²) in [7, 11) is 3.75. The Labute approximate surface area is 176 Å². The Morgan fingerprint density at radius 1 is 1.17 bits per heavy atom. The normalized spacial score (nSPS) is 15.0. The maximum absolute atomic E-state index is 13.2. The zero-order valence-corrected chi connectivity index (χ0v) is 17.7. The van der Waals surface area contributed by atoms with E-state index in [1.165, 1.54) is 16.4 Å². The molecule has 148 valence electrons. The highest BCUT2D eigenvalue weighted by Gasteiger charge is 2.35. The Balaban J connectivity index is 1.95. The van der Waals surface area contributed by atoms with Crippen molar-refractivity contribution in [2.75, 3.05) is 31.9 Å². The van der Waals surface area contributed by atoms with Crippen molar-refractivity contribution in [3.63, 3.8) is 0 Å². The largest absolute Gasteiger partial charge is 0.293 e. The number of carbonyl (C=O) groups is 1. The van der Waals surface area contributed by atoms with Crippen LogP contribution < -0.4 is 10.5 Å². The lowest BCUT2D eigenvalue weighted by Crippen LogP contribution is -2.38. The summed E-state index contributed by atoms with van der Waals surface area (Å²) >= 11 is 7.47. The average Bonchev–Trinajstić information content (AvgIpc) is 2.94. The zero-order chi connectivity index (χ0) is 20.7. The van der Waals surface area contributed by atoms with E-state index >= 15 is 0 Å². The zero-order valence-electron chi connectivity index (χ0n) is 16.1. The van der Waals surface area contributed by atoms with Crippen LogP contribution in [-0.4, -0.2) is 53.2 Å². The van der Waals surface area contributed by atoms with Gasteiger partial charge in [0.15, 0.2) is 10.9 Å². The number of hydrogen-bond acceptors (Lipinski definition) is 6. The lowest BCUT2D eigenvalue weighted by atomic mass is 10.1. The number of benzene rings is 2. The van der Waals surface area contributed by atoms with Crippen LogP contribution in [0.25, 0.3) is 10.9 Å². The summed E-state index contributed by atoms with van der Waals surface area (Å²) in [6, 6.07) is 12.3. The van der Waals surface area contributed by atoms with Gasteiger partial charge in [-0.2, -0.15) is 9.78 Å². The van der Waals surface area contributed by atoms with E-state index in [9.17, 15) is 9.59 Å². The minimum absolute atomic E-state index is 0.166. The second kappa shape index (κ2) is 7.62. The number of nitrogens with zero attached hydrogens (tertiary/aromatic N) is 5. The molecule has 0 aliphatic carbocycles. The molecule has 1 aliphatic rings. The van der Waals surface area contributed by atoms with Crippen molar-refractivity contribution in [1.29, 1.82) is 0 Å². The van der Waals surface area contributed by atoms with E-state index < -0.39 is 0 Å². The van der Waals surface area contributed by atoms with Crippen molar-refractivity contribution in [3.05, 3.63) is 63.4 Å². The van der Waals surface area contributed by atoms with Gasteiger partial charge in [0, 0.05) is 10.6 Å². The molecule has 1 amide bonds. The molecule has 0 saturated heterocycles. The summed E-state index contributed by atoms with van der Waals surface area (Å²) in [4.78, 5) is 34.3. The van der Waals surface area contributed by atoms with Crippen molar-refractivity contribution in [1.82, 2.24) is 14.6 Å². The molecule has 2 aromatic carbocycles. The van der Waals surface area contributed by atoms with Crippen molar-refractivity contribution >= 4 is 51.6 Å². The molecule has 9 heteroatoms. The number of hydrogen-bond donors (Lipinski definition) is 0. The third-order valence-electron chi connectivity index (χ3n) is 4.48. The van der Waals surface area contributed by atoms with Crippen molar-refractivity contribution in [3.8, 4) is 0 Å². The first-order valence-electron chi connectivity index (χ1n) is 8.82. The maximum Gasteiger partial charge on any atom is 0.282 e. The predicted molar refractivity (Wildman–Crippen MR) is 117 cm³/mol. The maximum atomic E-state index is 13.2. The first kappa shape index (κ1) is 19.6. The van der Waals surface area contributed by atoms with Gasteiger partial charge in [-0.25, -0.2) is 4.98 Å². The Kier molecular flexibility index (Phi) is 5.16. The van der Waals surface area contributed by atoms with Gasteiger partial charge in [-0.15, -0.1) is 0 Å². The number of thioether (sulfide) groups is 1. The van der Waals surface area contributed by atoms with Crippen LogP contribution in [0.2, 0.25) is 5.02 Å². The molecule has 0 N–H and O–H groups in total. The first-order valence-corrected chi connectivity index (χ1v) is 10.4. The molecular weight excluding hydrogens is 410 g/mol. The van der Waals surface area contributed by atoms with Crippen LogP contribution in [0.1, 0.15) is 5.56 Å². The quantitative estimate of drug-likeness (QED) is 0.473. The monoisotopic (exact) mass is 427 g/mol. The smallest absolute Gasteiger partial charge is 0.282 e. The van der Waals surface area contributed by atoms with Crippen LogP contribution in [0.5, 0.6) is 0 Å². The third-order valence-corrected chi connectivity index (χ3v) is 5.35. The molecule has 2 heterocycles. The molecule has 0 radical (unpaired) electrons. The molecule has 3 aromatic rings. The van der Waals surface area contributed by atoms with Gasteiger partial charge in [-0.3, -0.25) is 19.4 Å². The van der Waals surface area contributed by atoms with Gasteiger partial charge >= 0.3 is 0 Å². The second-order valence-corrected chi connectivity index (χ2v) is 8.01. The Morgan fingerprint density at radius 2 is 1.93 bits per heavy atom. The van der Waals surface area contributed by atoms with E-state index in [2.05, 4.69) is 10.1 Å². The molecule has 7 nitrogen and oxygen atoms in total. The molecule has 0 fully saturated rings. The first-order chi connectivity index (χ1) is 13.9. The van der Waals surface area contributed by atoms with E-state index in [-0.39, 0.29) is 17.2 Å². The highest BCUT2D eigenvalue weighted by molar-refractivity contribution is 7.98. The topological polar surface area (TPSA) is 70.8 Å². The molecule has 0 spiro atoms. The number of fused-ring (bicyclic) bond motifs is 2. The fourth-order valence-electron chi connectivity index (χ4n) is 3.23. The molecule has 0 atom stereocenters. The summed E-state index contributed by atoms with van der Waals surface area (Å²) < 4.78 is 1.20. The fourth-order valence-corrected chi connectivity index (χ4v) is 3.89. The van der Waals surface area contributed by atoms with E-state index in [1.54, 1.807) is 41.3 Å². The Bertz CT molecular complexity index is 1220. The minimum Gasteiger partial charge on any atom is -0.293 e. The number of anilines is 1. The van der Waals surface area contributed by atoms with Gasteiger partial charge < -0.3 is 0 Å². The lowest BCUT2D eigenvalue weighted by Gasteiger charge is -2.21. The van der Waals surface area contributed by atoms with E-state index in [4.69, 9.17) is 11.6 Å². The third kappa shape index (κ3) is 3.43. The van der Waals surface area contributed by atoms with Gasteiger partial charge in [0.1, 0.15) is 0 Å². The van der Waals surface area contributed by atoms with Gasteiger partial charge in [0.25, 0.3) is 11.5 Å². The van der Waals surface area contributed by atoms with Crippen LogP contribution in [0.15, 0.2) is 57.5 Å². The number of aromatic nitrogens is 2. The van der Waals surface area contributed by atoms with Crippen LogP contribution >= 0.6 is 23.4 Å².